The quantitative estimate of drug-likeness (QED) is 0.809. The number of carbonyl (C=O) groups excluding carboxylic acids is 1. The Hall–Kier alpha value is -1.33. The fourth-order valence-electron chi connectivity index (χ4n) is 1.32. The van der Waals surface area contributed by atoms with Crippen LogP contribution < -0.4 is 0 Å². The van der Waals surface area contributed by atoms with Crippen LogP contribution in [-0.2, 0) is 4.74 Å². The molecule has 0 aliphatic carbocycles. The molecule has 1 aromatic carbocycles. The summed E-state index contributed by atoms with van der Waals surface area (Å²) in [4.78, 5) is 19.9. The first-order valence-corrected chi connectivity index (χ1v) is 5.44. The van der Waals surface area contributed by atoms with Gasteiger partial charge in [-0.1, -0.05) is 15.9 Å². The van der Waals surface area contributed by atoms with Gasteiger partial charge in [0.2, 0.25) is 5.78 Å². The lowest BCUT2D eigenvalue weighted by molar-refractivity contribution is 0.0843. The number of fused-ring (bicyclic) bond motifs is 1. The maximum absolute atomic E-state index is 11.5. The summed E-state index contributed by atoms with van der Waals surface area (Å²) < 4.78 is 5.70. The topological polar surface area (TPSA) is 52.1 Å². The molecule has 0 radical (unpaired) electrons. The number of carbonyl (C=O) groups is 1. The summed E-state index contributed by atoms with van der Waals surface area (Å²) in [7, 11) is 1.48. The van der Waals surface area contributed by atoms with E-state index in [1.54, 1.807) is 0 Å². The van der Waals surface area contributed by atoms with Crippen molar-refractivity contribution in [1.29, 1.82) is 0 Å². The second-order valence-electron chi connectivity index (χ2n) is 3.24. The lowest BCUT2D eigenvalue weighted by atomic mass is 10.2. The van der Waals surface area contributed by atoms with Crippen LogP contribution in [0, 0.1) is 0 Å². The van der Waals surface area contributed by atoms with Gasteiger partial charge in [-0.05, 0) is 18.2 Å². The van der Waals surface area contributed by atoms with Crippen molar-refractivity contribution in [3.63, 3.8) is 0 Å². The molecule has 1 heterocycles. The Kier molecular flexibility index (Phi) is 3.26. The first kappa shape index (κ1) is 11.2. The number of rotatable bonds is 3. The zero-order valence-corrected chi connectivity index (χ0v) is 10.2. The molecule has 2 aromatic rings. The number of methoxy groups -OCH3 is 1. The van der Waals surface area contributed by atoms with E-state index < -0.39 is 0 Å². The normalized spacial score (nSPS) is 10.6. The summed E-state index contributed by atoms with van der Waals surface area (Å²) in [5.74, 6) is -0.167. The smallest absolute Gasteiger partial charge is 0.208 e. The van der Waals surface area contributed by atoms with Crippen molar-refractivity contribution < 1.29 is 9.53 Å². The summed E-state index contributed by atoms with van der Waals surface area (Å²) >= 11 is 3.35. The van der Waals surface area contributed by atoms with E-state index in [1.165, 1.54) is 13.3 Å². The fraction of sp³-hybridized carbons (Fsp3) is 0.182. The lowest BCUT2D eigenvalue weighted by Gasteiger charge is -2.01. The zero-order valence-electron chi connectivity index (χ0n) is 8.61. The van der Waals surface area contributed by atoms with Gasteiger partial charge in [0.25, 0.3) is 0 Å². The number of ether oxygens (including phenoxy) is 1. The van der Waals surface area contributed by atoms with E-state index in [9.17, 15) is 4.79 Å². The second kappa shape index (κ2) is 4.67. The molecule has 0 fully saturated rings. The first-order valence-electron chi connectivity index (χ1n) is 4.65. The van der Waals surface area contributed by atoms with Crippen LogP contribution in [0.15, 0.2) is 28.9 Å². The average Bonchev–Trinajstić information content (AvgIpc) is 2.28. The van der Waals surface area contributed by atoms with Crippen molar-refractivity contribution >= 4 is 32.7 Å². The van der Waals surface area contributed by atoms with E-state index in [0.717, 1.165) is 9.99 Å². The van der Waals surface area contributed by atoms with Crippen molar-refractivity contribution in [3.8, 4) is 0 Å². The fourth-order valence-corrected chi connectivity index (χ4v) is 1.67. The highest BCUT2D eigenvalue weighted by Gasteiger charge is 2.08. The molecule has 0 aliphatic heterocycles. The SMILES string of the molecule is COCC(=O)c1cnc2cc(Br)ccc2n1. The molecule has 82 valence electrons. The van der Waals surface area contributed by atoms with E-state index in [4.69, 9.17) is 4.74 Å². The largest absolute Gasteiger partial charge is 0.376 e. The molecule has 2 rings (SSSR count). The van der Waals surface area contributed by atoms with Gasteiger partial charge in [-0.15, -0.1) is 0 Å². The maximum Gasteiger partial charge on any atom is 0.208 e. The minimum absolute atomic E-state index is 0.0245. The molecule has 0 spiro atoms. The van der Waals surface area contributed by atoms with Gasteiger partial charge in [0, 0.05) is 11.6 Å². The van der Waals surface area contributed by atoms with Gasteiger partial charge in [0.1, 0.15) is 12.3 Å². The highest BCUT2D eigenvalue weighted by Crippen LogP contribution is 2.16. The van der Waals surface area contributed by atoms with Crippen LogP contribution >= 0.6 is 15.9 Å². The highest BCUT2D eigenvalue weighted by molar-refractivity contribution is 9.10. The van der Waals surface area contributed by atoms with Crippen molar-refractivity contribution in [2.45, 2.75) is 0 Å². The Morgan fingerprint density at radius 2 is 2.25 bits per heavy atom. The summed E-state index contributed by atoms with van der Waals surface area (Å²) in [6, 6.07) is 5.53. The summed E-state index contributed by atoms with van der Waals surface area (Å²) in [5.41, 5.74) is 1.78. The van der Waals surface area contributed by atoms with Crippen molar-refractivity contribution in [1.82, 2.24) is 9.97 Å². The Morgan fingerprint density at radius 1 is 1.44 bits per heavy atom. The summed E-state index contributed by atoms with van der Waals surface area (Å²) in [6.07, 6.45) is 1.47. The molecule has 0 aliphatic rings. The van der Waals surface area contributed by atoms with Gasteiger partial charge in [0.15, 0.2) is 0 Å². The summed E-state index contributed by atoms with van der Waals surface area (Å²) in [5, 5.41) is 0. The minimum atomic E-state index is -0.167. The third-order valence-electron chi connectivity index (χ3n) is 2.07. The Bertz CT molecular complexity index is 542. The molecule has 0 saturated carbocycles. The van der Waals surface area contributed by atoms with Crippen LogP contribution in [0.3, 0.4) is 0 Å². The van der Waals surface area contributed by atoms with Crippen molar-refractivity contribution in [3.05, 3.63) is 34.6 Å². The lowest BCUT2D eigenvalue weighted by Crippen LogP contribution is -2.09. The molecule has 0 N–H and O–H groups in total. The molecule has 16 heavy (non-hydrogen) atoms. The monoisotopic (exact) mass is 280 g/mol. The number of hydrogen-bond donors (Lipinski definition) is 0. The van der Waals surface area contributed by atoms with Crippen LogP contribution in [0.2, 0.25) is 0 Å². The first-order chi connectivity index (χ1) is 7.70. The number of ketones is 1. The number of halogens is 1. The predicted octanol–water partition coefficient (Wildman–Crippen LogP) is 2.22. The second-order valence-corrected chi connectivity index (χ2v) is 4.16. The molecular weight excluding hydrogens is 272 g/mol. The predicted molar refractivity (Wildman–Crippen MR) is 63.4 cm³/mol. The van der Waals surface area contributed by atoms with Crippen LogP contribution in [0.5, 0.6) is 0 Å². The molecule has 0 bridgehead atoms. The molecule has 0 amide bonds. The Labute approximate surface area is 101 Å². The highest BCUT2D eigenvalue weighted by atomic mass is 79.9. The molecule has 0 saturated heterocycles. The molecule has 0 atom stereocenters. The standard InChI is InChI=1S/C11H9BrN2O2/c1-16-6-11(15)10-5-13-9-4-7(12)2-3-8(9)14-10/h2-5H,6H2,1H3. The van der Waals surface area contributed by atoms with Crippen LogP contribution in [0.25, 0.3) is 11.0 Å². The van der Waals surface area contributed by atoms with Crippen LogP contribution in [-0.4, -0.2) is 29.5 Å². The minimum Gasteiger partial charge on any atom is -0.376 e. The molecule has 5 heteroatoms. The van der Waals surface area contributed by atoms with E-state index in [2.05, 4.69) is 25.9 Å². The summed E-state index contributed by atoms with van der Waals surface area (Å²) in [6.45, 7) is 0.0245. The maximum atomic E-state index is 11.5. The van der Waals surface area contributed by atoms with Crippen molar-refractivity contribution in [2.24, 2.45) is 0 Å². The van der Waals surface area contributed by atoms with E-state index in [1.807, 2.05) is 18.2 Å². The van der Waals surface area contributed by atoms with Gasteiger partial charge in [-0.3, -0.25) is 9.78 Å². The van der Waals surface area contributed by atoms with E-state index >= 15 is 0 Å². The van der Waals surface area contributed by atoms with Gasteiger partial charge in [-0.2, -0.15) is 0 Å². The van der Waals surface area contributed by atoms with E-state index in [0.29, 0.717) is 11.2 Å². The third-order valence-corrected chi connectivity index (χ3v) is 2.56. The zero-order chi connectivity index (χ0) is 11.5. The number of aromatic nitrogens is 2. The molecule has 1 aromatic heterocycles. The average molecular weight is 281 g/mol. The van der Waals surface area contributed by atoms with Crippen molar-refractivity contribution in [2.75, 3.05) is 13.7 Å². The van der Waals surface area contributed by atoms with E-state index in [-0.39, 0.29) is 12.4 Å². The van der Waals surface area contributed by atoms with Gasteiger partial charge in [0.05, 0.1) is 17.2 Å². The third kappa shape index (κ3) is 2.25. The number of Topliss-reactive ketones (excluding diaryl/α,β-unsaturated/α-hetero) is 1. The Morgan fingerprint density at radius 3 is 3.00 bits per heavy atom. The van der Waals surface area contributed by atoms with Crippen LogP contribution in [0.4, 0.5) is 0 Å². The molecule has 0 unspecified atom stereocenters. The Balaban J connectivity index is 2.44. The number of hydrogen-bond acceptors (Lipinski definition) is 4. The number of benzene rings is 1. The van der Waals surface area contributed by atoms with Gasteiger partial charge >= 0.3 is 0 Å². The van der Waals surface area contributed by atoms with Crippen LogP contribution in [0.1, 0.15) is 10.5 Å². The number of nitrogens with zero attached hydrogens (tertiary/aromatic N) is 2. The molecular formula is C11H9BrN2O2. The van der Waals surface area contributed by atoms with Gasteiger partial charge in [-0.25, -0.2) is 4.98 Å². The molecule has 4 nitrogen and oxygen atoms in total. The van der Waals surface area contributed by atoms with Gasteiger partial charge < -0.3 is 4.74 Å².